The van der Waals surface area contributed by atoms with Crippen molar-refractivity contribution in [2.45, 2.75) is 52.0 Å². The van der Waals surface area contributed by atoms with Gasteiger partial charge in [-0.15, -0.1) is 11.8 Å². The molecule has 0 aliphatic rings. The molecule has 2 N–H and O–H groups in total. The summed E-state index contributed by atoms with van der Waals surface area (Å²) in [6.45, 7) is 15.8. The molecule has 0 aliphatic heterocycles. The Morgan fingerprint density at radius 3 is 1.32 bits per heavy atom. The molecule has 0 heterocycles. The van der Waals surface area contributed by atoms with Gasteiger partial charge in [-0.2, -0.15) is 10.2 Å². The van der Waals surface area contributed by atoms with Gasteiger partial charge in [0.1, 0.15) is 0 Å². The number of nitrogens with zero attached hydrogens (tertiary/aromatic N) is 4. The molecule has 2 atom stereocenters. The first kappa shape index (κ1) is 29.9. The van der Waals surface area contributed by atoms with E-state index in [2.05, 4.69) is 58.5 Å². The lowest BCUT2D eigenvalue weighted by atomic mass is 10.2. The van der Waals surface area contributed by atoms with Crippen LogP contribution >= 0.6 is 11.8 Å². The van der Waals surface area contributed by atoms with Gasteiger partial charge in [0.15, 0.2) is 0 Å². The predicted molar refractivity (Wildman–Crippen MR) is 158 cm³/mol. The third-order valence-corrected chi connectivity index (χ3v) is 7.21. The van der Waals surface area contributed by atoms with Crippen molar-refractivity contribution in [1.82, 2.24) is 10.9 Å². The van der Waals surface area contributed by atoms with Gasteiger partial charge in [-0.1, -0.05) is 24.3 Å². The Balaban J connectivity index is 1.78. The monoisotopic (exact) mass is 524 g/mol. The van der Waals surface area contributed by atoms with Gasteiger partial charge < -0.3 is 9.80 Å². The highest BCUT2D eigenvalue weighted by molar-refractivity contribution is 8.01. The second-order valence-corrected chi connectivity index (χ2v) is 10.1. The number of rotatable bonds is 14. The second-order valence-electron chi connectivity index (χ2n) is 8.42. The molecule has 2 unspecified atom stereocenters. The van der Waals surface area contributed by atoms with Gasteiger partial charge in [-0.05, 0) is 76.9 Å². The summed E-state index contributed by atoms with van der Waals surface area (Å²) in [6.07, 6.45) is 3.22. The first-order chi connectivity index (χ1) is 17.8. The Morgan fingerprint density at radius 2 is 1.03 bits per heavy atom. The number of benzene rings is 2. The van der Waals surface area contributed by atoms with Crippen molar-refractivity contribution in [2.24, 2.45) is 10.2 Å². The van der Waals surface area contributed by atoms with Crippen LogP contribution in [0.1, 0.15) is 52.7 Å². The van der Waals surface area contributed by atoms with Gasteiger partial charge in [0.2, 0.25) is 0 Å². The fourth-order valence-corrected chi connectivity index (χ4v) is 4.64. The Kier molecular flexibility index (Phi) is 12.7. The molecule has 0 aromatic heterocycles. The number of thioether (sulfide) groups is 1. The van der Waals surface area contributed by atoms with Crippen LogP contribution in [0.5, 0.6) is 0 Å². The van der Waals surface area contributed by atoms with E-state index >= 15 is 0 Å². The first-order valence-electron chi connectivity index (χ1n) is 12.8. The third-order valence-electron chi connectivity index (χ3n) is 5.97. The second kappa shape index (κ2) is 15.7. The Bertz CT molecular complexity index is 948. The number of hydrazone groups is 2. The molecule has 0 saturated carbocycles. The summed E-state index contributed by atoms with van der Waals surface area (Å²) in [5.74, 6) is -0.532. The van der Waals surface area contributed by atoms with Crippen LogP contribution in [0.25, 0.3) is 0 Å². The van der Waals surface area contributed by atoms with Crippen molar-refractivity contribution in [1.29, 1.82) is 0 Å². The molecule has 37 heavy (non-hydrogen) atoms. The van der Waals surface area contributed by atoms with E-state index in [0.29, 0.717) is 0 Å². The van der Waals surface area contributed by atoms with E-state index in [0.717, 1.165) is 48.7 Å². The summed E-state index contributed by atoms with van der Waals surface area (Å²) in [5, 5.41) is 7.21. The molecule has 0 radical (unpaired) electrons. The zero-order valence-corrected chi connectivity index (χ0v) is 23.6. The largest absolute Gasteiger partial charge is 0.372 e. The molecule has 200 valence electrons. The lowest BCUT2D eigenvalue weighted by Crippen LogP contribution is -2.33. The average Bonchev–Trinajstić information content (AvgIpc) is 2.91. The van der Waals surface area contributed by atoms with Crippen LogP contribution in [0.3, 0.4) is 0 Å². The van der Waals surface area contributed by atoms with Crippen LogP contribution in [0.4, 0.5) is 11.4 Å². The fourth-order valence-electron chi connectivity index (χ4n) is 3.67. The molecule has 2 aromatic rings. The molecule has 9 heteroatoms. The molecule has 0 spiro atoms. The Hall–Kier alpha value is -3.33. The smallest absolute Gasteiger partial charge is 0.252 e. The SMILES string of the molecule is CCN(CC)c1ccc(/C=N\NC(=O)C(C)SC(C)C(=O)N/N=C/c2ccc(N(CC)CC)cc2)cc1. The highest BCUT2D eigenvalue weighted by Crippen LogP contribution is 2.18. The molecule has 8 nitrogen and oxygen atoms in total. The van der Waals surface area contributed by atoms with E-state index in [-0.39, 0.29) is 11.8 Å². The summed E-state index contributed by atoms with van der Waals surface area (Å²) < 4.78 is 0. The summed E-state index contributed by atoms with van der Waals surface area (Å²) >= 11 is 1.25. The van der Waals surface area contributed by atoms with Crippen molar-refractivity contribution < 1.29 is 9.59 Å². The molecule has 2 amide bonds. The zero-order valence-electron chi connectivity index (χ0n) is 22.8. The Labute approximate surface area is 225 Å². The maximum atomic E-state index is 12.4. The molecule has 0 bridgehead atoms. The summed E-state index contributed by atoms with van der Waals surface area (Å²) in [6, 6.07) is 16.0. The van der Waals surface area contributed by atoms with Gasteiger partial charge in [-0.25, -0.2) is 10.9 Å². The number of hydrogen-bond donors (Lipinski definition) is 2. The average molecular weight is 525 g/mol. The molecule has 0 fully saturated rings. The molecule has 2 rings (SSSR count). The minimum atomic E-state index is -0.459. The van der Waals surface area contributed by atoms with Crippen LogP contribution in [0, 0.1) is 0 Å². The third kappa shape index (κ3) is 9.57. The van der Waals surface area contributed by atoms with Crippen molar-refractivity contribution in [3.63, 3.8) is 0 Å². The van der Waals surface area contributed by atoms with Gasteiger partial charge in [0.05, 0.1) is 22.9 Å². The summed E-state index contributed by atoms with van der Waals surface area (Å²) in [7, 11) is 0. The van der Waals surface area contributed by atoms with Crippen molar-refractivity contribution in [2.75, 3.05) is 36.0 Å². The van der Waals surface area contributed by atoms with Gasteiger partial charge in [0.25, 0.3) is 11.8 Å². The van der Waals surface area contributed by atoms with Crippen LogP contribution in [-0.2, 0) is 9.59 Å². The normalized spacial score (nSPS) is 12.9. The number of anilines is 2. The van der Waals surface area contributed by atoms with E-state index in [1.807, 2.05) is 48.5 Å². The number of nitrogens with one attached hydrogen (secondary N) is 2. The van der Waals surface area contributed by atoms with Crippen molar-refractivity contribution in [3.8, 4) is 0 Å². The molecular weight excluding hydrogens is 484 g/mol. The Morgan fingerprint density at radius 1 is 0.703 bits per heavy atom. The first-order valence-corrected chi connectivity index (χ1v) is 13.8. The maximum Gasteiger partial charge on any atom is 0.252 e. The van der Waals surface area contributed by atoms with Gasteiger partial charge in [0, 0.05) is 37.6 Å². The van der Waals surface area contributed by atoms with Crippen molar-refractivity contribution >= 4 is 47.4 Å². The lowest BCUT2D eigenvalue weighted by Gasteiger charge is -2.20. The lowest BCUT2D eigenvalue weighted by molar-refractivity contribution is -0.120. The molecular formula is C28H40N6O2S. The van der Waals surface area contributed by atoms with Crippen LogP contribution in [0.15, 0.2) is 58.7 Å². The highest BCUT2D eigenvalue weighted by atomic mass is 32.2. The molecule has 0 aliphatic carbocycles. The van der Waals surface area contributed by atoms with E-state index in [4.69, 9.17) is 0 Å². The highest BCUT2D eigenvalue weighted by Gasteiger charge is 2.21. The fraction of sp³-hybridized carbons (Fsp3) is 0.429. The maximum absolute atomic E-state index is 12.4. The minimum Gasteiger partial charge on any atom is -0.372 e. The summed E-state index contributed by atoms with van der Waals surface area (Å²) in [4.78, 5) is 29.3. The number of hydrogen-bond acceptors (Lipinski definition) is 7. The quantitative estimate of drug-likeness (QED) is 0.281. The number of carbonyl (C=O) groups is 2. The van der Waals surface area contributed by atoms with Gasteiger partial charge >= 0.3 is 0 Å². The van der Waals surface area contributed by atoms with E-state index < -0.39 is 10.5 Å². The van der Waals surface area contributed by atoms with Gasteiger partial charge in [-0.3, -0.25) is 9.59 Å². The standard InChI is InChI=1S/C28H40N6O2S/c1-7-33(8-2)25-15-11-23(12-16-25)19-29-31-27(35)21(5)37-22(6)28(36)32-30-20-24-13-17-26(18-14-24)34(9-3)10-4/h11-22H,7-10H2,1-6H3,(H,31,35)(H,32,36)/b29-19-,30-20+. The minimum absolute atomic E-state index is 0.266. The van der Waals surface area contributed by atoms with E-state index in [1.165, 1.54) is 11.8 Å². The molecule has 0 saturated heterocycles. The summed E-state index contributed by atoms with van der Waals surface area (Å²) in [5.41, 5.74) is 9.20. The zero-order chi connectivity index (χ0) is 27.2. The van der Waals surface area contributed by atoms with Crippen molar-refractivity contribution in [3.05, 3.63) is 59.7 Å². The number of amides is 2. The van der Waals surface area contributed by atoms with E-state index in [9.17, 15) is 9.59 Å². The van der Waals surface area contributed by atoms with E-state index in [1.54, 1.807) is 26.3 Å². The van der Waals surface area contributed by atoms with Crippen LogP contribution < -0.4 is 20.7 Å². The molecule has 2 aromatic carbocycles. The van der Waals surface area contributed by atoms with Crippen LogP contribution in [0.2, 0.25) is 0 Å². The number of carbonyl (C=O) groups excluding carboxylic acids is 2. The van der Waals surface area contributed by atoms with Crippen LogP contribution in [-0.4, -0.2) is 60.9 Å². The predicted octanol–water partition coefficient (Wildman–Crippen LogP) is 4.49. The topological polar surface area (TPSA) is 89.4 Å².